The number of fused-ring (bicyclic) bond motifs is 4. The predicted octanol–water partition coefficient (Wildman–Crippen LogP) is 5.35. The molecule has 2 aromatic heterocycles. The summed E-state index contributed by atoms with van der Waals surface area (Å²) in [5.74, 6) is 2.61. The topological polar surface area (TPSA) is 72.0 Å². The highest BCUT2D eigenvalue weighted by atomic mass is 16.5. The number of hydrogen-bond acceptors (Lipinski definition) is 5. The van der Waals surface area contributed by atoms with Crippen molar-refractivity contribution in [3.8, 4) is 17.0 Å². The highest BCUT2D eigenvalue weighted by Crippen LogP contribution is 2.57. The van der Waals surface area contributed by atoms with Crippen LogP contribution in [0.25, 0.3) is 11.3 Å². The first-order chi connectivity index (χ1) is 15.6. The number of phenolic OH excluding ortho intramolecular Hbond substituents is 1. The second-order valence-corrected chi connectivity index (χ2v) is 9.16. The van der Waals surface area contributed by atoms with Gasteiger partial charge in [0.15, 0.2) is 0 Å². The SMILES string of the molecule is Cc1nc(-c2cccc(O)c2)c2c(n1)[C@@]1(c3ccccc3)Cc3cnoc3[C@@H](C)[C@@H]1CC2. The number of aromatic nitrogens is 3. The van der Waals surface area contributed by atoms with Crippen molar-refractivity contribution in [1.82, 2.24) is 15.1 Å². The summed E-state index contributed by atoms with van der Waals surface area (Å²) >= 11 is 0. The molecule has 0 bridgehead atoms. The first-order valence-corrected chi connectivity index (χ1v) is 11.2. The molecule has 1 N–H and O–H groups in total. The number of aromatic hydroxyl groups is 1. The molecule has 2 aromatic carbocycles. The highest BCUT2D eigenvalue weighted by Gasteiger charge is 2.54. The predicted molar refractivity (Wildman–Crippen MR) is 122 cm³/mol. The lowest BCUT2D eigenvalue weighted by molar-refractivity contribution is 0.188. The fraction of sp³-hybridized carbons (Fsp3) is 0.296. The summed E-state index contributed by atoms with van der Waals surface area (Å²) in [5.41, 5.74) is 6.35. The van der Waals surface area contributed by atoms with E-state index in [1.165, 1.54) is 16.7 Å². The molecule has 160 valence electrons. The Balaban J connectivity index is 1.66. The number of hydrogen-bond donors (Lipinski definition) is 1. The Morgan fingerprint density at radius 2 is 1.91 bits per heavy atom. The van der Waals surface area contributed by atoms with Gasteiger partial charge in [0, 0.05) is 28.0 Å². The van der Waals surface area contributed by atoms with Gasteiger partial charge in [-0.1, -0.05) is 54.5 Å². The standard InChI is InChI=1S/C27H25N3O2/c1-16-23-12-11-22-24(18-7-6-10-21(31)13-18)29-17(2)30-26(22)27(23,20-8-4-3-5-9-20)14-19-15-28-32-25(16)19/h3-10,13,15-16,23,31H,11-12,14H2,1-2H3/t16-,23-,27+/m0/s1. The van der Waals surface area contributed by atoms with E-state index in [9.17, 15) is 5.11 Å². The minimum atomic E-state index is -0.272. The van der Waals surface area contributed by atoms with Crippen LogP contribution in [-0.2, 0) is 18.3 Å². The van der Waals surface area contributed by atoms with Crippen LogP contribution >= 0.6 is 0 Å². The molecule has 2 aliphatic rings. The molecule has 0 saturated carbocycles. The smallest absolute Gasteiger partial charge is 0.143 e. The molecule has 2 heterocycles. The van der Waals surface area contributed by atoms with Crippen LogP contribution in [0.5, 0.6) is 5.75 Å². The maximum absolute atomic E-state index is 10.1. The molecule has 3 atom stereocenters. The monoisotopic (exact) mass is 423 g/mol. The lowest BCUT2D eigenvalue weighted by Crippen LogP contribution is -2.48. The maximum atomic E-state index is 10.1. The van der Waals surface area contributed by atoms with Gasteiger partial charge in [0.1, 0.15) is 17.3 Å². The highest BCUT2D eigenvalue weighted by molar-refractivity contribution is 5.68. The molecule has 0 amide bonds. The van der Waals surface area contributed by atoms with E-state index < -0.39 is 0 Å². The normalized spacial score (nSPS) is 23.8. The average molecular weight is 424 g/mol. The third-order valence-corrected chi connectivity index (χ3v) is 7.45. The molecule has 0 saturated heterocycles. The molecule has 4 aromatic rings. The Kier molecular flexibility index (Phi) is 4.22. The number of benzene rings is 2. The van der Waals surface area contributed by atoms with Crippen molar-refractivity contribution in [1.29, 1.82) is 0 Å². The minimum absolute atomic E-state index is 0.245. The lowest BCUT2D eigenvalue weighted by atomic mass is 9.53. The van der Waals surface area contributed by atoms with Crippen molar-refractivity contribution in [3.05, 3.63) is 94.8 Å². The van der Waals surface area contributed by atoms with Gasteiger partial charge in [0.2, 0.25) is 0 Å². The molecule has 0 fully saturated rings. The van der Waals surface area contributed by atoms with E-state index in [0.717, 1.165) is 47.8 Å². The zero-order valence-electron chi connectivity index (χ0n) is 18.2. The number of nitrogens with zero attached hydrogens (tertiary/aromatic N) is 3. The van der Waals surface area contributed by atoms with Gasteiger partial charge < -0.3 is 9.63 Å². The van der Waals surface area contributed by atoms with Gasteiger partial charge >= 0.3 is 0 Å². The molecule has 5 heteroatoms. The fourth-order valence-electron chi connectivity index (χ4n) is 6.16. The summed E-state index contributed by atoms with van der Waals surface area (Å²) < 4.78 is 5.71. The summed E-state index contributed by atoms with van der Waals surface area (Å²) in [5, 5.41) is 14.3. The molecule has 6 rings (SSSR count). The average Bonchev–Trinajstić information content (AvgIpc) is 3.28. The Labute approximate surface area is 187 Å². The van der Waals surface area contributed by atoms with Crippen molar-refractivity contribution in [3.63, 3.8) is 0 Å². The third kappa shape index (κ3) is 2.67. The van der Waals surface area contributed by atoms with Crippen LogP contribution in [0, 0.1) is 12.8 Å². The van der Waals surface area contributed by atoms with Crippen LogP contribution < -0.4 is 0 Å². The van der Waals surface area contributed by atoms with Crippen molar-refractivity contribution >= 4 is 0 Å². The Morgan fingerprint density at radius 3 is 2.72 bits per heavy atom. The van der Waals surface area contributed by atoms with Crippen LogP contribution in [0.3, 0.4) is 0 Å². The van der Waals surface area contributed by atoms with Crippen LogP contribution in [0.2, 0.25) is 0 Å². The van der Waals surface area contributed by atoms with Gasteiger partial charge in [-0.15, -0.1) is 0 Å². The van der Waals surface area contributed by atoms with Crippen molar-refractivity contribution in [2.75, 3.05) is 0 Å². The van der Waals surface area contributed by atoms with Gasteiger partial charge in [0.05, 0.1) is 17.6 Å². The molecule has 2 aliphatic carbocycles. The molecule has 0 unspecified atom stereocenters. The molecule has 32 heavy (non-hydrogen) atoms. The summed E-state index contributed by atoms with van der Waals surface area (Å²) in [4.78, 5) is 9.98. The van der Waals surface area contributed by atoms with Gasteiger partial charge in [-0.25, -0.2) is 9.97 Å². The fourth-order valence-corrected chi connectivity index (χ4v) is 6.16. The van der Waals surface area contributed by atoms with Crippen molar-refractivity contribution < 1.29 is 9.63 Å². The second-order valence-electron chi connectivity index (χ2n) is 9.16. The first-order valence-electron chi connectivity index (χ1n) is 11.2. The van der Waals surface area contributed by atoms with Crippen LogP contribution in [0.4, 0.5) is 0 Å². The summed E-state index contributed by atoms with van der Waals surface area (Å²) in [6.07, 6.45) is 4.61. The van der Waals surface area contributed by atoms with Crippen LogP contribution in [0.1, 0.15) is 53.2 Å². The van der Waals surface area contributed by atoms with E-state index in [1.807, 2.05) is 25.3 Å². The second kappa shape index (κ2) is 7.02. The Bertz CT molecular complexity index is 1310. The van der Waals surface area contributed by atoms with Gasteiger partial charge in [-0.05, 0) is 49.8 Å². The minimum Gasteiger partial charge on any atom is -0.508 e. The molecule has 0 spiro atoms. The third-order valence-electron chi connectivity index (χ3n) is 7.45. The van der Waals surface area contributed by atoms with Gasteiger partial charge in [0.25, 0.3) is 0 Å². The molecule has 5 nitrogen and oxygen atoms in total. The van der Waals surface area contributed by atoms with E-state index in [2.05, 4.69) is 42.4 Å². The van der Waals surface area contributed by atoms with E-state index in [1.54, 1.807) is 12.1 Å². The van der Waals surface area contributed by atoms with E-state index in [0.29, 0.717) is 5.92 Å². The summed E-state index contributed by atoms with van der Waals surface area (Å²) in [6, 6.07) is 18.2. The van der Waals surface area contributed by atoms with Gasteiger partial charge in [-0.3, -0.25) is 0 Å². The van der Waals surface area contributed by atoms with Gasteiger partial charge in [-0.2, -0.15) is 0 Å². The first kappa shape index (κ1) is 19.2. The van der Waals surface area contributed by atoms with E-state index in [-0.39, 0.29) is 17.1 Å². The van der Waals surface area contributed by atoms with E-state index in [4.69, 9.17) is 14.5 Å². The molecule has 0 radical (unpaired) electrons. The quantitative estimate of drug-likeness (QED) is 0.470. The van der Waals surface area contributed by atoms with Crippen molar-refractivity contribution in [2.45, 2.75) is 44.4 Å². The zero-order valence-corrected chi connectivity index (χ0v) is 18.2. The molecule has 0 aliphatic heterocycles. The van der Waals surface area contributed by atoms with Crippen LogP contribution in [-0.4, -0.2) is 20.2 Å². The number of aryl methyl sites for hydroxylation is 1. The molecular formula is C27H25N3O2. The largest absolute Gasteiger partial charge is 0.508 e. The van der Waals surface area contributed by atoms with E-state index >= 15 is 0 Å². The summed E-state index contributed by atoms with van der Waals surface area (Å²) in [7, 11) is 0. The van der Waals surface area contributed by atoms with Crippen LogP contribution in [0.15, 0.2) is 65.3 Å². The Hall–Kier alpha value is -3.47. The Morgan fingerprint density at radius 1 is 1.06 bits per heavy atom. The summed E-state index contributed by atoms with van der Waals surface area (Å²) in [6.45, 7) is 4.23. The number of phenols is 1. The number of rotatable bonds is 2. The molecular weight excluding hydrogens is 398 g/mol. The lowest BCUT2D eigenvalue weighted by Gasteiger charge is -2.50. The maximum Gasteiger partial charge on any atom is 0.143 e. The van der Waals surface area contributed by atoms with Crippen molar-refractivity contribution in [2.24, 2.45) is 5.92 Å². The zero-order chi connectivity index (χ0) is 21.9.